The minimum Gasteiger partial charge on any atom is -0.490 e. The molecule has 1 aliphatic rings. The van der Waals surface area contributed by atoms with Crippen LogP contribution in [0.2, 0.25) is 5.02 Å². The van der Waals surface area contributed by atoms with E-state index in [-0.39, 0.29) is 35.0 Å². The highest BCUT2D eigenvalue weighted by Crippen LogP contribution is 2.34. The van der Waals surface area contributed by atoms with E-state index in [1.54, 1.807) is 0 Å². The minimum atomic E-state index is -0.603. The molecule has 0 bridgehead atoms. The first-order chi connectivity index (χ1) is 14.3. The molecule has 0 saturated carbocycles. The Morgan fingerprint density at radius 1 is 1.20 bits per heavy atom. The number of fused-ring (bicyclic) bond motifs is 1. The smallest absolute Gasteiger partial charge is 0.312 e. The van der Waals surface area contributed by atoms with E-state index in [2.05, 4.69) is 5.32 Å². The van der Waals surface area contributed by atoms with Gasteiger partial charge in [-0.3, -0.25) is 14.9 Å². The fourth-order valence-corrected chi connectivity index (χ4v) is 3.29. The topological polar surface area (TPSA) is 99.9 Å². The molecule has 30 heavy (non-hydrogen) atoms. The number of hydrogen-bond acceptors (Lipinski definition) is 6. The summed E-state index contributed by atoms with van der Waals surface area (Å²) in [5.74, 6) is 1.01. The molecule has 0 aliphatic carbocycles. The number of amides is 1. The van der Waals surface area contributed by atoms with Crippen molar-refractivity contribution in [1.29, 1.82) is 0 Å². The molecule has 0 radical (unpaired) electrons. The van der Waals surface area contributed by atoms with Gasteiger partial charge in [-0.2, -0.15) is 0 Å². The molecule has 1 heterocycles. The van der Waals surface area contributed by atoms with Crippen molar-refractivity contribution in [3.05, 3.63) is 57.1 Å². The van der Waals surface area contributed by atoms with Crippen molar-refractivity contribution in [1.82, 2.24) is 5.32 Å². The number of benzene rings is 2. The summed E-state index contributed by atoms with van der Waals surface area (Å²) in [4.78, 5) is 23.1. The molecule has 8 nitrogen and oxygen atoms in total. The molecule has 160 valence electrons. The summed E-state index contributed by atoms with van der Waals surface area (Å²) in [6.07, 6.45) is 0.808. The first-order valence-electron chi connectivity index (χ1n) is 9.61. The molecule has 1 atom stereocenters. The van der Waals surface area contributed by atoms with Crippen molar-refractivity contribution in [2.24, 2.45) is 5.92 Å². The summed E-state index contributed by atoms with van der Waals surface area (Å²) in [7, 11) is 0. The van der Waals surface area contributed by atoms with Crippen LogP contribution in [0.15, 0.2) is 36.4 Å². The van der Waals surface area contributed by atoms with Crippen molar-refractivity contribution in [3.63, 3.8) is 0 Å². The van der Waals surface area contributed by atoms with Gasteiger partial charge >= 0.3 is 5.69 Å². The zero-order chi connectivity index (χ0) is 21.7. The van der Waals surface area contributed by atoms with Crippen LogP contribution >= 0.6 is 11.6 Å². The van der Waals surface area contributed by atoms with Crippen LogP contribution in [-0.4, -0.2) is 30.7 Å². The van der Waals surface area contributed by atoms with Crippen LogP contribution in [-0.2, 0) is 4.79 Å². The van der Waals surface area contributed by atoms with Gasteiger partial charge in [0.15, 0.2) is 23.9 Å². The highest BCUT2D eigenvalue weighted by atomic mass is 35.5. The maximum atomic E-state index is 12.5. The van der Waals surface area contributed by atoms with Crippen molar-refractivity contribution < 1.29 is 23.9 Å². The van der Waals surface area contributed by atoms with E-state index in [4.69, 9.17) is 25.8 Å². The number of rotatable bonds is 7. The van der Waals surface area contributed by atoms with Crippen molar-refractivity contribution >= 4 is 23.2 Å². The number of nitro benzene ring substituents is 1. The second-order valence-electron chi connectivity index (χ2n) is 7.20. The van der Waals surface area contributed by atoms with E-state index in [1.165, 1.54) is 18.2 Å². The Bertz CT molecular complexity index is 934. The summed E-state index contributed by atoms with van der Waals surface area (Å²) in [6.45, 7) is 4.78. The third-order valence-corrected chi connectivity index (χ3v) is 4.83. The van der Waals surface area contributed by atoms with Crippen LogP contribution in [0.3, 0.4) is 0 Å². The number of nitrogens with one attached hydrogen (secondary N) is 1. The van der Waals surface area contributed by atoms with Crippen molar-refractivity contribution in [3.8, 4) is 17.2 Å². The van der Waals surface area contributed by atoms with Gasteiger partial charge in [0, 0.05) is 17.5 Å². The normalized spacial score (nSPS) is 14.0. The second-order valence-corrected chi connectivity index (χ2v) is 7.64. The zero-order valence-corrected chi connectivity index (χ0v) is 17.5. The third-order valence-electron chi connectivity index (χ3n) is 4.59. The lowest BCUT2D eigenvalue weighted by Crippen LogP contribution is -2.35. The van der Waals surface area contributed by atoms with E-state index < -0.39 is 10.8 Å². The monoisotopic (exact) mass is 434 g/mol. The second kappa shape index (κ2) is 9.67. The predicted octanol–water partition coefficient (Wildman–Crippen LogP) is 4.30. The van der Waals surface area contributed by atoms with Gasteiger partial charge in [0.05, 0.1) is 24.2 Å². The summed E-state index contributed by atoms with van der Waals surface area (Å²) in [5.41, 5.74) is 0.582. The van der Waals surface area contributed by atoms with Gasteiger partial charge in [-0.1, -0.05) is 31.5 Å². The summed E-state index contributed by atoms with van der Waals surface area (Å²) in [5, 5.41) is 14.3. The van der Waals surface area contributed by atoms with Gasteiger partial charge < -0.3 is 19.5 Å². The highest BCUT2D eigenvalue weighted by molar-refractivity contribution is 6.30. The van der Waals surface area contributed by atoms with Gasteiger partial charge in [0.2, 0.25) is 0 Å². The Hall–Kier alpha value is -3.00. The van der Waals surface area contributed by atoms with Crippen LogP contribution in [0.5, 0.6) is 17.2 Å². The molecule has 9 heteroatoms. The van der Waals surface area contributed by atoms with E-state index >= 15 is 0 Å². The van der Waals surface area contributed by atoms with Crippen LogP contribution in [0.1, 0.15) is 31.9 Å². The lowest BCUT2D eigenvalue weighted by molar-refractivity contribution is -0.385. The van der Waals surface area contributed by atoms with Gasteiger partial charge in [-0.05, 0) is 35.7 Å². The zero-order valence-electron chi connectivity index (χ0n) is 16.7. The van der Waals surface area contributed by atoms with Gasteiger partial charge in [-0.15, -0.1) is 0 Å². The first kappa shape index (κ1) is 21.7. The van der Waals surface area contributed by atoms with Crippen molar-refractivity contribution in [2.45, 2.75) is 26.3 Å². The fourth-order valence-electron chi connectivity index (χ4n) is 3.12. The van der Waals surface area contributed by atoms with Gasteiger partial charge in [-0.25, -0.2) is 0 Å². The molecule has 1 N–H and O–H groups in total. The molecule has 0 saturated heterocycles. The third kappa shape index (κ3) is 5.33. The van der Waals surface area contributed by atoms with Crippen LogP contribution in [0.25, 0.3) is 0 Å². The number of halogens is 1. The first-order valence-corrected chi connectivity index (χ1v) is 9.98. The lowest BCUT2D eigenvalue weighted by Gasteiger charge is -2.24. The fraction of sp³-hybridized carbons (Fsp3) is 0.381. The molecule has 0 spiro atoms. The Morgan fingerprint density at radius 2 is 1.93 bits per heavy atom. The Morgan fingerprint density at radius 3 is 2.63 bits per heavy atom. The average molecular weight is 435 g/mol. The summed E-state index contributed by atoms with van der Waals surface area (Å²) in [6, 6.07) is 9.33. The molecule has 0 fully saturated rings. The van der Waals surface area contributed by atoms with E-state index in [0.717, 1.165) is 12.0 Å². The average Bonchev–Trinajstić information content (AvgIpc) is 2.95. The molecule has 3 rings (SSSR count). The number of hydrogen-bond donors (Lipinski definition) is 1. The summed E-state index contributed by atoms with van der Waals surface area (Å²) >= 11 is 5.80. The molecule has 1 unspecified atom stereocenters. The number of carbonyl (C=O) groups excluding carboxylic acids is 1. The SMILES string of the molecule is CC(C)C(NC(=O)COc1ccc(Cl)cc1[N+](=O)[O-])c1ccc2c(c1)OCCCO2. The van der Waals surface area contributed by atoms with Gasteiger partial charge in [0.1, 0.15) is 0 Å². The molecule has 1 aliphatic heterocycles. The molecule has 0 aromatic heterocycles. The van der Waals surface area contributed by atoms with E-state index in [0.29, 0.717) is 24.7 Å². The van der Waals surface area contributed by atoms with Gasteiger partial charge in [0.25, 0.3) is 5.91 Å². The number of nitro groups is 1. The summed E-state index contributed by atoms with van der Waals surface area (Å²) < 4.78 is 16.8. The lowest BCUT2D eigenvalue weighted by atomic mass is 9.95. The predicted molar refractivity (Wildman–Crippen MR) is 111 cm³/mol. The Kier molecular flexibility index (Phi) is 6.99. The minimum absolute atomic E-state index is 0.0174. The van der Waals surface area contributed by atoms with Crippen LogP contribution < -0.4 is 19.5 Å². The van der Waals surface area contributed by atoms with Crippen LogP contribution in [0, 0.1) is 16.0 Å². The van der Waals surface area contributed by atoms with E-state index in [1.807, 2.05) is 32.0 Å². The maximum Gasteiger partial charge on any atom is 0.312 e. The van der Waals surface area contributed by atoms with Crippen LogP contribution in [0.4, 0.5) is 5.69 Å². The number of ether oxygens (including phenoxy) is 3. The molecule has 2 aromatic rings. The molecular formula is C21H23ClN2O6. The molecular weight excluding hydrogens is 412 g/mol. The maximum absolute atomic E-state index is 12.5. The largest absolute Gasteiger partial charge is 0.490 e. The quantitative estimate of drug-likeness (QED) is 0.515. The standard InChI is InChI=1S/C21H23ClN2O6/c1-13(2)21(14-4-6-18-19(10-14)29-9-3-8-28-18)23-20(25)12-30-17-7-5-15(22)11-16(17)24(26)27/h4-7,10-11,13,21H,3,8-9,12H2,1-2H3,(H,23,25). The Balaban J connectivity index is 1.70. The number of carbonyl (C=O) groups is 1. The van der Waals surface area contributed by atoms with Crippen molar-refractivity contribution in [2.75, 3.05) is 19.8 Å². The molecule has 1 amide bonds. The molecule has 2 aromatic carbocycles. The van der Waals surface area contributed by atoms with E-state index in [9.17, 15) is 14.9 Å². The highest BCUT2D eigenvalue weighted by Gasteiger charge is 2.22. The number of nitrogens with zero attached hydrogens (tertiary/aromatic N) is 1. The Labute approximate surface area is 179 Å².